The van der Waals surface area contributed by atoms with Crippen molar-refractivity contribution >= 4 is 16.6 Å². The molecule has 2 aromatic rings. The number of Topliss-reactive ketones (excluding diaryl/α,β-unsaturated/α-hetero) is 1. The van der Waals surface area contributed by atoms with Gasteiger partial charge in [0, 0.05) is 11.5 Å². The Hall–Kier alpha value is -1.67. The fourth-order valence-corrected chi connectivity index (χ4v) is 6.62. The first-order valence-corrected chi connectivity index (χ1v) is 10.4. The molecule has 2 nitrogen and oxygen atoms in total. The molecule has 0 aromatic heterocycles. The fourth-order valence-electron chi connectivity index (χ4n) is 6.62. The van der Waals surface area contributed by atoms with Gasteiger partial charge in [0.25, 0.3) is 0 Å². The lowest BCUT2D eigenvalue weighted by molar-refractivity contribution is -0.143. The van der Waals surface area contributed by atoms with Crippen molar-refractivity contribution in [3.05, 3.63) is 48.0 Å². The van der Waals surface area contributed by atoms with Crippen LogP contribution in [0.4, 0.5) is 0 Å². The van der Waals surface area contributed by atoms with E-state index in [1.165, 1.54) is 54.9 Å². The van der Waals surface area contributed by atoms with Gasteiger partial charge in [0.15, 0.2) is 5.78 Å². The Kier molecular flexibility index (Phi) is 3.93. The van der Waals surface area contributed by atoms with E-state index in [-0.39, 0.29) is 11.5 Å². The molecule has 0 heterocycles. The number of benzene rings is 2. The van der Waals surface area contributed by atoms with Crippen LogP contribution in [0.3, 0.4) is 0 Å². The van der Waals surface area contributed by atoms with Gasteiger partial charge in [-0.25, -0.2) is 0 Å². The number of nitrogens with one attached hydrogen (secondary N) is 1. The van der Waals surface area contributed by atoms with Crippen molar-refractivity contribution in [3.63, 3.8) is 0 Å². The van der Waals surface area contributed by atoms with Crippen LogP contribution in [0, 0.1) is 23.2 Å². The van der Waals surface area contributed by atoms with E-state index >= 15 is 0 Å². The van der Waals surface area contributed by atoms with Crippen LogP contribution < -0.4 is 5.32 Å². The molecule has 4 aliphatic carbocycles. The first kappa shape index (κ1) is 16.5. The zero-order valence-electron chi connectivity index (χ0n) is 15.7. The fraction of sp³-hybridized carbons (Fsp3) is 0.542. The van der Waals surface area contributed by atoms with Gasteiger partial charge in [0.2, 0.25) is 0 Å². The van der Waals surface area contributed by atoms with Crippen molar-refractivity contribution in [3.8, 4) is 0 Å². The van der Waals surface area contributed by atoms with Crippen LogP contribution in [0.5, 0.6) is 0 Å². The van der Waals surface area contributed by atoms with Crippen molar-refractivity contribution in [2.24, 2.45) is 23.2 Å². The summed E-state index contributed by atoms with van der Waals surface area (Å²) in [5, 5.41) is 6.12. The summed E-state index contributed by atoms with van der Waals surface area (Å²) in [5.74, 6) is 2.99. The Labute approximate surface area is 156 Å². The predicted octanol–water partition coefficient (Wildman–Crippen LogP) is 5.28. The van der Waals surface area contributed by atoms with Crippen molar-refractivity contribution in [2.75, 3.05) is 6.54 Å². The Bertz CT molecular complexity index is 798. The van der Waals surface area contributed by atoms with Crippen LogP contribution in [0.25, 0.3) is 10.8 Å². The normalized spacial score (nSPS) is 33.5. The average Bonchev–Trinajstić information content (AvgIpc) is 2.64. The van der Waals surface area contributed by atoms with Crippen LogP contribution in [0.2, 0.25) is 0 Å². The summed E-state index contributed by atoms with van der Waals surface area (Å²) in [6.07, 6.45) is 7.69. The molecular weight excluding hydrogens is 318 g/mol. The van der Waals surface area contributed by atoms with E-state index in [1.54, 1.807) is 0 Å². The second-order valence-corrected chi connectivity index (χ2v) is 9.29. The molecule has 136 valence electrons. The van der Waals surface area contributed by atoms with Crippen LogP contribution in [-0.2, 0) is 4.79 Å². The molecule has 6 rings (SSSR count). The van der Waals surface area contributed by atoms with Crippen molar-refractivity contribution in [1.82, 2.24) is 5.32 Å². The maximum Gasteiger partial charge on any atom is 0.152 e. The molecule has 4 fully saturated rings. The summed E-state index contributed by atoms with van der Waals surface area (Å²) >= 11 is 0. The highest BCUT2D eigenvalue weighted by Gasteiger charge is 2.53. The largest absolute Gasteiger partial charge is 0.303 e. The van der Waals surface area contributed by atoms with Crippen LogP contribution >= 0.6 is 0 Å². The van der Waals surface area contributed by atoms with Gasteiger partial charge in [0.05, 0.1) is 6.54 Å². The molecule has 4 bridgehead atoms. The number of carbonyl (C=O) groups excluding carboxylic acids is 1. The van der Waals surface area contributed by atoms with E-state index in [4.69, 9.17) is 0 Å². The minimum absolute atomic E-state index is 0.0141. The van der Waals surface area contributed by atoms with Gasteiger partial charge in [-0.05, 0) is 79.5 Å². The molecule has 0 saturated heterocycles. The summed E-state index contributed by atoms with van der Waals surface area (Å²) in [7, 11) is 0. The third kappa shape index (κ3) is 2.70. The predicted molar refractivity (Wildman–Crippen MR) is 106 cm³/mol. The molecular formula is C24H29NO. The number of rotatable bonds is 5. The first-order valence-electron chi connectivity index (χ1n) is 10.4. The minimum atomic E-state index is 0.0141. The van der Waals surface area contributed by atoms with E-state index in [2.05, 4.69) is 54.7 Å². The molecule has 2 aromatic carbocycles. The van der Waals surface area contributed by atoms with Crippen molar-refractivity contribution in [2.45, 2.75) is 51.5 Å². The summed E-state index contributed by atoms with van der Waals surface area (Å²) in [5.41, 5.74) is 1.31. The summed E-state index contributed by atoms with van der Waals surface area (Å²) in [4.78, 5) is 13.2. The number of ketones is 1. The van der Waals surface area contributed by atoms with Gasteiger partial charge in [-0.1, -0.05) is 42.5 Å². The Balaban J connectivity index is 1.31. The molecule has 0 radical (unpaired) electrons. The molecule has 0 spiro atoms. The second kappa shape index (κ2) is 6.20. The summed E-state index contributed by atoms with van der Waals surface area (Å²) in [6, 6.07) is 15.2. The smallest absolute Gasteiger partial charge is 0.152 e. The van der Waals surface area contributed by atoms with Crippen LogP contribution in [-0.4, -0.2) is 12.3 Å². The van der Waals surface area contributed by atoms with Gasteiger partial charge in [-0.15, -0.1) is 0 Å². The van der Waals surface area contributed by atoms with E-state index in [0.29, 0.717) is 12.3 Å². The number of fused-ring (bicyclic) bond motifs is 1. The van der Waals surface area contributed by atoms with Crippen LogP contribution in [0.1, 0.15) is 57.1 Å². The third-order valence-corrected chi connectivity index (χ3v) is 7.49. The van der Waals surface area contributed by atoms with E-state index in [9.17, 15) is 4.79 Å². The summed E-state index contributed by atoms with van der Waals surface area (Å²) < 4.78 is 0. The highest BCUT2D eigenvalue weighted by atomic mass is 16.1. The lowest BCUT2D eigenvalue weighted by Gasteiger charge is -2.56. The minimum Gasteiger partial charge on any atom is -0.303 e. The highest BCUT2D eigenvalue weighted by molar-refractivity contribution is 5.88. The topological polar surface area (TPSA) is 29.1 Å². The third-order valence-electron chi connectivity index (χ3n) is 7.49. The number of hydrogen-bond donors (Lipinski definition) is 1. The molecule has 0 amide bonds. The first-order chi connectivity index (χ1) is 12.6. The average molecular weight is 348 g/mol. The zero-order chi connectivity index (χ0) is 17.7. The van der Waals surface area contributed by atoms with E-state index in [0.717, 1.165) is 17.8 Å². The quantitative estimate of drug-likeness (QED) is 0.797. The molecule has 4 aliphatic rings. The number of hydrogen-bond acceptors (Lipinski definition) is 2. The van der Waals surface area contributed by atoms with E-state index < -0.39 is 0 Å². The molecule has 1 unspecified atom stereocenters. The van der Waals surface area contributed by atoms with Gasteiger partial charge in [-0.2, -0.15) is 0 Å². The molecule has 2 heteroatoms. The maximum atomic E-state index is 13.2. The Morgan fingerprint density at radius 2 is 1.62 bits per heavy atom. The monoisotopic (exact) mass is 347 g/mol. The second-order valence-electron chi connectivity index (χ2n) is 9.29. The molecule has 26 heavy (non-hydrogen) atoms. The molecule has 1 atom stereocenters. The SMILES string of the molecule is CC(NCC(=O)C12CC3CC(CC(C3)C1)C2)c1cccc2ccccc12. The van der Waals surface area contributed by atoms with Gasteiger partial charge in [-0.3, -0.25) is 4.79 Å². The van der Waals surface area contributed by atoms with Crippen molar-refractivity contribution in [1.29, 1.82) is 0 Å². The Morgan fingerprint density at radius 1 is 1.00 bits per heavy atom. The standard InChI is InChI=1S/C24H29NO/c1-16(21-8-4-6-20-5-2-3-7-22(20)21)25-15-23(26)24-12-17-9-18(13-24)11-19(10-17)14-24/h2-8,16-19,25H,9-15H2,1H3. The maximum absolute atomic E-state index is 13.2. The van der Waals surface area contributed by atoms with Gasteiger partial charge in [0.1, 0.15) is 0 Å². The number of carbonyl (C=O) groups is 1. The van der Waals surface area contributed by atoms with Gasteiger partial charge >= 0.3 is 0 Å². The van der Waals surface area contributed by atoms with Crippen molar-refractivity contribution < 1.29 is 4.79 Å². The molecule has 4 saturated carbocycles. The lowest BCUT2D eigenvalue weighted by Crippen LogP contribution is -2.52. The summed E-state index contributed by atoms with van der Waals surface area (Å²) in [6.45, 7) is 2.71. The molecule has 1 N–H and O–H groups in total. The van der Waals surface area contributed by atoms with E-state index in [1.807, 2.05) is 0 Å². The van der Waals surface area contributed by atoms with Gasteiger partial charge < -0.3 is 5.32 Å². The zero-order valence-corrected chi connectivity index (χ0v) is 15.7. The molecule has 0 aliphatic heterocycles. The highest BCUT2D eigenvalue weighted by Crippen LogP contribution is 2.60. The van der Waals surface area contributed by atoms with Crippen LogP contribution in [0.15, 0.2) is 42.5 Å². The lowest BCUT2D eigenvalue weighted by atomic mass is 9.48. The Morgan fingerprint density at radius 3 is 2.31 bits per heavy atom.